The van der Waals surface area contributed by atoms with E-state index in [0.29, 0.717) is 6.07 Å². The molecule has 22 heavy (non-hydrogen) atoms. The zero-order valence-corrected chi connectivity index (χ0v) is 10.8. The van der Waals surface area contributed by atoms with Crippen molar-refractivity contribution in [2.24, 2.45) is 0 Å². The Morgan fingerprint density at radius 3 is 2.18 bits per heavy atom. The van der Waals surface area contributed by atoms with E-state index in [1.165, 1.54) is 18.2 Å². The summed E-state index contributed by atoms with van der Waals surface area (Å²) in [5, 5.41) is 38.4. The maximum absolute atomic E-state index is 12.5. The number of hydrogen-bond acceptors (Lipinski definition) is 6. The highest BCUT2D eigenvalue weighted by molar-refractivity contribution is 6.32. The van der Waals surface area contributed by atoms with Crippen LogP contribution in [0.25, 0.3) is 0 Å². The number of carboxylic acids is 1. The summed E-state index contributed by atoms with van der Waals surface area (Å²) in [4.78, 5) is 36.2. The van der Waals surface area contributed by atoms with Gasteiger partial charge in [-0.05, 0) is 12.1 Å². The second-order valence-electron chi connectivity index (χ2n) is 4.70. The highest BCUT2D eigenvalue weighted by atomic mass is 16.4. The van der Waals surface area contributed by atoms with Crippen molar-refractivity contribution in [3.63, 3.8) is 0 Å². The molecule has 0 unspecified atom stereocenters. The van der Waals surface area contributed by atoms with Gasteiger partial charge in [0.1, 0.15) is 5.75 Å². The van der Waals surface area contributed by atoms with Gasteiger partial charge in [-0.15, -0.1) is 0 Å². The first-order chi connectivity index (χ1) is 10.3. The summed E-state index contributed by atoms with van der Waals surface area (Å²) in [5.74, 6) is -5.49. The smallest absolute Gasteiger partial charge is 0.336 e. The summed E-state index contributed by atoms with van der Waals surface area (Å²) >= 11 is 0. The number of phenolic OH excluding ortho intramolecular Hbond substituents is 3. The van der Waals surface area contributed by atoms with Gasteiger partial charge in [-0.2, -0.15) is 0 Å². The fourth-order valence-electron chi connectivity index (χ4n) is 2.51. The third kappa shape index (κ3) is 1.59. The fourth-order valence-corrected chi connectivity index (χ4v) is 2.51. The molecule has 0 saturated heterocycles. The van der Waals surface area contributed by atoms with E-state index in [9.17, 15) is 29.7 Å². The molecule has 1 aliphatic carbocycles. The molecule has 0 bridgehead atoms. The second-order valence-corrected chi connectivity index (χ2v) is 4.70. The van der Waals surface area contributed by atoms with E-state index in [1.807, 2.05) is 0 Å². The van der Waals surface area contributed by atoms with Gasteiger partial charge in [0.05, 0.1) is 22.3 Å². The van der Waals surface area contributed by atoms with Crippen LogP contribution in [0.4, 0.5) is 0 Å². The highest BCUT2D eigenvalue weighted by Crippen LogP contribution is 2.42. The SMILES string of the molecule is O=C(O)c1cc(O)c(O)c2c1C(=O)c1cccc(O)c1C2=O. The van der Waals surface area contributed by atoms with Crippen LogP contribution in [-0.2, 0) is 0 Å². The van der Waals surface area contributed by atoms with Crippen LogP contribution in [0, 0.1) is 0 Å². The minimum Gasteiger partial charge on any atom is -0.507 e. The van der Waals surface area contributed by atoms with Gasteiger partial charge in [0, 0.05) is 5.56 Å². The van der Waals surface area contributed by atoms with E-state index in [1.54, 1.807) is 0 Å². The van der Waals surface area contributed by atoms with Gasteiger partial charge < -0.3 is 20.4 Å². The summed E-state index contributed by atoms with van der Waals surface area (Å²) in [7, 11) is 0. The van der Waals surface area contributed by atoms with Crippen molar-refractivity contribution in [3.05, 3.63) is 52.1 Å². The first kappa shape index (κ1) is 13.6. The van der Waals surface area contributed by atoms with Crippen LogP contribution in [0.2, 0.25) is 0 Å². The van der Waals surface area contributed by atoms with Gasteiger partial charge in [0.15, 0.2) is 17.3 Å². The van der Waals surface area contributed by atoms with Crippen LogP contribution in [0.15, 0.2) is 24.3 Å². The average Bonchev–Trinajstić information content (AvgIpc) is 2.46. The van der Waals surface area contributed by atoms with Crippen LogP contribution in [0.3, 0.4) is 0 Å². The molecule has 2 aromatic rings. The molecule has 0 fully saturated rings. The van der Waals surface area contributed by atoms with Crippen molar-refractivity contribution in [2.45, 2.75) is 0 Å². The van der Waals surface area contributed by atoms with E-state index in [0.717, 1.165) is 0 Å². The van der Waals surface area contributed by atoms with E-state index in [4.69, 9.17) is 5.11 Å². The lowest BCUT2D eigenvalue weighted by Crippen LogP contribution is -2.24. The number of benzene rings is 2. The molecule has 4 N–H and O–H groups in total. The molecule has 1 aliphatic rings. The fraction of sp³-hybridized carbons (Fsp3) is 0. The van der Waals surface area contributed by atoms with Gasteiger partial charge in [0.25, 0.3) is 0 Å². The number of rotatable bonds is 1. The lowest BCUT2D eigenvalue weighted by Gasteiger charge is -2.21. The molecular weight excluding hydrogens is 292 g/mol. The molecule has 0 saturated carbocycles. The van der Waals surface area contributed by atoms with Crippen LogP contribution < -0.4 is 0 Å². The quantitative estimate of drug-likeness (QED) is 0.497. The summed E-state index contributed by atoms with van der Waals surface area (Å²) in [5.41, 5.74) is -2.23. The predicted octanol–water partition coefficient (Wildman–Crippen LogP) is 1.28. The zero-order valence-electron chi connectivity index (χ0n) is 10.8. The number of fused-ring (bicyclic) bond motifs is 2. The zero-order chi connectivity index (χ0) is 16.2. The Labute approximate surface area is 122 Å². The van der Waals surface area contributed by atoms with E-state index < -0.39 is 51.5 Å². The third-order valence-corrected chi connectivity index (χ3v) is 3.48. The van der Waals surface area contributed by atoms with Crippen molar-refractivity contribution >= 4 is 17.5 Å². The van der Waals surface area contributed by atoms with Gasteiger partial charge in [-0.25, -0.2) is 4.79 Å². The first-order valence-electron chi connectivity index (χ1n) is 6.08. The number of hydrogen-bond donors (Lipinski definition) is 4. The van der Waals surface area contributed by atoms with Crippen LogP contribution in [0.5, 0.6) is 17.2 Å². The molecule has 0 spiro atoms. The standard InChI is InChI=1S/C15H8O7/c16-7-3-1-2-5-9(7)14(20)11-10(12(5)18)6(15(21)22)4-8(17)13(11)19/h1-4,16-17,19H,(H,21,22). The largest absolute Gasteiger partial charge is 0.507 e. The van der Waals surface area contributed by atoms with Crippen molar-refractivity contribution < 1.29 is 34.8 Å². The number of aromatic hydroxyl groups is 3. The van der Waals surface area contributed by atoms with Crippen LogP contribution in [0.1, 0.15) is 42.2 Å². The Morgan fingerprint density at radius 1 is 0.864 bits per heavy atom. The number of ketones is 2. The molecule has 0 aliphatic heterocycles. The molecule has 3 rings (SSSR count). The molecule has 0 amide bonds. The summed E-state index contributed by atoms with van der Waals surface area (Å²) in [6.07, 6.45) is 0. The Kier molecular flexibility index (Phi) is 2.68. The molecule has 0 atom stereocenters. The summed E-state index contributed by atoms with van der Waals surface area (Å²) < 4.78 is 0. The van der Waals surface area contributed by atoms with Gasteiger partial charge in [-0.3, -0.25) is 9.59 Å². The lowest BCUT2D eigenvalue weighted by molar-refractivity contribution is 0.0692. The van der Waals surface area contributed by atoms with E-state index >= 15 is 0 Å². The highest BCUT2D eigenvalue weighted by Gasteiger charge is 2.38. The maximum Gasteiger partial charge on any atom is 0.336 e. The van der Waals surface area contributed by atoms with Gasteiger partial charge in [0.2, 0.25) is 5.78 Å². The van der Waals surface area contributed by atoms with E-state index in [2.05, 4.69) is 0 Å². The normalized spacial score (nSPS) is 12.7. The minimum absolute atomic E-state index is 0.162. The molecule has 2 aromatic carbocycles. The molecule has 0 heterocycles. The molecular formula is C15H8O7. The average molecular weight is 300 g/mol. The molecule has 7 heteroatoms. The number of carbonyl (C=O) groups is 3. The topological polar surface area (TPSA) is 132 Å². The lowest BCUT2D eigenvalue weighted by atomic mass is 9.80. The van der Waals surface area contributed by atoms with Crippen LogP contribution in [-0.4, -0.2) is 38.0 Å². The molecule has 110 valence electrons. The second kappa shape index (κ2) is 4.32. The van der Waals surface area contributed by atoms with Crippen LogP contribution >= 0.6 is 0 Å². The van der Waals surface area contributed by atoms with Crippen molar-refractivity contribution in [3.8, 4) is 17.2 Å². The summed E-state index contributed by atoms with van der Waals surface area (Å²) in [6, 6.07) is 4.50. The predicted molar refractivity (Wildman–Crippen MR) is 71.7 cm³/mol. The minimum atomic E-state index is -1.53. The monoisotopic (exact) mass is 300 g/mol. The van der Waals surface area contributed by atoms with Crippen molar-refractivity contribution in [1.82, 2.24) is 0 Å². The first-order valence-corrected chi connectivity index (χ1v) is 6.08. The number of carboxylic acid groups (broad SMARTS) is 1. The Balaban J connectivity index is 2.47. The van der Waals surface area contributed by atoms with Gasteiger partial charge >= 0.3 is 5.97 Å². The molecule has 7 nitrogen and oxygen atoms in total. The van der Waals surface area contributed by atoms with Crippen molar-refractivity contribution in [2.75, 3.05) is 0 Å². The van der Waals surface area contributed by atoms with Gasteiger partial charge in [-0.1, -0.05) is 12.1 Å². The number of carbonyl (C=O) groups excluding carboxylic acids is 2. The summed E-state index contributed by atoms with van der Waals surface area (Å²) in [6.45, 7) is 0. The number of phenols is 3. The Hall–Kier alpha value is -3.35. The maximum atomic E-state index is 12.5. The molecule has 0 aromatic heterocycles. The van der Waals surface area contributed by atoms with E-state index in [-0.39, 0.29) is 11.1 Å². The Bertz CT molecular complexity index is 880. The Morgan fingerprint density at radius 2 is 1.55 bits per heavy atom. The molecule has 0 radical (unpaired) electrons. The number of aromatic carboxylic acids is 1. The van der Waals surface area contributed by atoms with Crippen molar-refractivity contribution in [1.29, 1.82) is 0 Å². The third-order valence-electron chi connectivity index (χ3n) is 3.48.